The molecule has 1 atom stereocenters. The Labute approximate surface area is 208 Å². The van der Waals surface area contributed by atoms with Gasteiger partial charge in [-0.2, -0.15) is 0 Å². The standard InChI is InChI=1S/C28H34N2O4S/c1-17(2)24-16-25(20(5)14-26(24)34-7)21(6)29-28(31)22-12-11-19(4)27(15-22)35(32,33)30-23-10-8-9-18(3)13-23/h8-17,21,30H,1-7H3,(H,29,31). The first-order chi connectivity index (χ1) is 16.4. The number of nitrogens with one attached hydrogen (secondary N) is 2. The van der Waals surface area contributed by atoms with Crippen molar-refractivity contribution in [3.8, 4) is 5.75 Å². The lowest BCUT2D eigenvalue weighted by Crippen LogP contribution is -2.27. The van der Waals surface area contributed by atoms with Crippen molar-refractivity contribution in [2.24, 2.45) is 0 Å². The minimum absolute atomic E-state index is 0.0713. The zero-order valence-electron chi connectivity index (χ0n) is 21.4. The van der Waals surface area contributed by atoms with Gasteiger partial charge in [0.15, 0.2) is 0 Å². The molecule has 0 saturated carbocycles. The van der Waals surface area contributed by atoms with Crippen LogP contribution in [-0.4, -0.2) is 21.4 Å². The normalized spacial score (nSPS) is 12.3. The van der Waals surface area contributed by atoms with Gasteiger partial charge in [-0.05, 0) is 97.8 Å². The number of hydrogen-bond donors (Lipinski definition) is 2. The van der Waals surface area contributed by atoms with Crippen molar-refractivity contribution in [3.63, 3.8) is 0 Å². The van der Waals surface area contributed by atoms with Crippen LogP contribution in [0, 0.1) is 20.8 Å². The van der Waals surface area contributed by atoms with Crippen LogP contribution in [0.5, 0.6) is 5.75 Å². The molecule has 2 N–H and O–H groups in total. The Hall–Kier alpha value is -3.32. The molecule has 7 heteroatoms. The molecule has 35 heavy (non-hydrogen) atoms. The molecule has 0 aliphatic rings. The SMILES string of the molecule is COc1cc(C)c(C(C)NC(=O)c2ccc(C)c(S(=O)(=O)Nc3cccc(C)c3)c2)cc1C(C)C. The van der Waals surface area contributed by atoms with E-state index in [1.807, 2.05) is 32.9 Å². The van der Waals surface area contributed by atoms with Crippen LogP contribution in [0.2, 0.25) is 0 Å². The van der Waals surface area contributed by atoms with Crippen molar-refractivity contribution in [3.05, 3.63) is 88.0 Å². The fourth-order valence-corrected chi connectivity index (χ4v) is 5.44. The van der Waals surface area contributed by atoms with Crippen molar-refractivity contribution in [1.82, 2.24) is 5.32 Å². The lowest BCUT2D eigenvalue weighted by molar-refractivity contribution is 0.0939. The minimum Gasteiger partial charge on any atom is -0.496 e. The highest BCUT2D eigenvalue weighted by atomic mass is 32.2. The molecular formula is C28H34N2O4S. The highest BCUT2D eigenvalue weighted by Gasteiger charge is 2.21. The summed E-state index contributed by atoms with van der Waals surface area (Å²) in [7, 11) is -2.22. The lowest BCUT2D eigenvalue weighted by Gasteiger charge is -2.21. The Morgan fingerprint density at radius 1 is 0.886 bits per heavy atom. The number of hydrogen-bond acceptors (Lipinski definition) is 4. The number of amides is 1. The lowest BCUT2D eigenvalue weighted by atomic mass is 9.93. The van der Waals surface area contributed by atoms with Crippen LogP contribution in [0.25, 0.3) is 0 Å². The first kappa shape index (κ1) is 26.3. The molecule has 0 bridgehead atoms. The minimum atomic E-state index is -3.87. The Bertz CT molecular complexity index is 1350. The van der Waals surface area contributed by atoms with E-state index in [1.54, 1.807) is 44.4 Å². The summed E-state index contributed by atoms with van der Waals surface area (Å²) in [6.45, 7) is 11.7. The molecule has 0 saturated heterocycles. The molecule has 3 aromatic rings. The summed E-state index contributed by atoms with van der Waals surface area (Å²) < 4.78 is 34.3. The number of ether oxygens (including phenoxy) is 1. The average Bonchev–Trinajstić information content (AvgIpc) is 2.78. The van der Waals surface area contributed by atoms with Gasteiger partial charge in [0.2, 0.25) is 0 Å². The van der Waals surface area contributed by atoms with Crippen molar-refractivity contribution >= 4 is 21.6 Å². The van der Waals surface area contributed by atoms with Gasteiger partial charge in [0.05, 0.1) is 18.0 Å². The number of aryl methyl sites for hydroxylation is 3. The molecule has 0 aliphatic carbocycles. The third-order valence-electron chi connectivity index (χ3n) is 6.06. The van der Waals surface area contributed by atoms with Gasteiger partial charge in [-0.25, -0.2) is 8.42 Å². The molecule has 3 rings (SSSR count). The molecule has 186 valence electrons. The number of rotatable bonds is 8. The second-order valence-corrected chi connectivity index (χ2v) is 10.9. The average molecular weight is 495 g/mol. The predicted molar refractivity (Wildman–Crippen MR) is 141 cm³/mol. The topological polar surface area (TPSA) is 84.5 Å². The summed E-state index contributed by atoms with van der Waals surface area (Å²) in [5.41, 5.74) is 5.32. The maximum absolute atomic E-state index is 13.1. The molecule has 1 amide bonds. The van der Waals surface area contributed by atoms with Crippen LogP contribution in [0.3, 0.4) is 0 Å². The monoisotopic (exact) mass is 494 g/mol. The molecule has 3 aromatic carbocycles. The Morgan fingerprint density at radius 3 is 2.23 bits per heavy atom. The predicted octanol–water partition coefficient (Wildman–Crippen LogP) is 6.04. The fraction of sp³-hybridized carbons (Fsp3) is 0.321. The van der Waals surface area contributed by atoms with Crippen LogP contribution in [-0.2, 0) is 10.0 Å². The second kappa shape index (κ2) is 10.5. The number of anilines is 1. The van der Waals surface area contributed by atoms with Crippen molar-refractivity contribution in [2.45, 2.75) is 58.4 Å². The molecule has 0 aliphatic heterocycles. The quantitative estimate of drug-likeness (QED) is 0.400. The van der Waals surface area contributed by atoms with Gasteiger partial charge >= 0.3 is 0 Å². The summed E-state index contributed by atoms with van der Waals surface area (Å²) in [6.07, 6.45) is 0. The van der Waals surface area contributed by atoms with Gasteiger partial charge in [-0.3, -0.25) is 9.52 Å². The van der Waals surface area contributed by atoms with E-state index in [-0.39, 0.29) is 28.3 Å². The number of carbonyl (C=O) groups is 1. The van der Waals surface area contributed by atoms with Crippen LogP contribution in [0.1, 0.15) is 70.9 Å². The smallest absolute Gasteiger partial charge is 0.262 e. The second-order valence-electron chi connectivity index (χ2n) is 9.26. The summed E-state index contributed by atoms with van der Waals surface area (Å²) >= 11 is 0. The first-order valence-electron chi connectivity index (χ1n) is 11.6. The number of methoxy groups -OCH3 is 1. The van der Waals surface area contributed by atoms with E-state index in [9.17, 15) is 13.2 Å². The van der Waals surface area contributed by atoms with Gasteiger partial charge < -0.3 is 10.1 Å². The molecule has 0 fully saturated rings. The fourth-order valence-electron chi connectivity index (χ4n) is 4.12. The van der Waals surface area contributed by atoms with Crippen molar-refractivity contribution in [1.29, 1.82) is 0 Å². The van der Waals surface area contributed by atoms with Crippen molar-refractivity contribution < 1.29 is 17.9 Å². The Balaban J connectivity index is 1.87. The number of benzene rings is 3. The van der Waals surface area contributed by atoms with Crippen LogP contribution < -0.4 is 14.8 Å². The van der Waals surface area contributed by atoms with E-state index in [1.165, 1.54) is 6.07 Å². The van der Waals surface area contributed by atoms with E-state index in [0.717, 1.165) is 28.0 Å². The van der Waals surface area contributed by atoms with E-state index in [2.05, 4.69) is 30.0 Å². The van der Waals surface area contributed by atoms with E-state index in [0.29, 0.717) is 11.3 Å². The molecule has 0 spiro atoms. The third-order valence-corrected chi connectivity index (χ3v) is 7.59. The third kappa shape index (κ3) is 6.03. The van der Waals surface area contributed by atoms with Gasteiger partial charge in [0.25, 0.3) is 15.9 Å². The molecule has 0 heterocycles. The maximum Gasteiger partial charge on any atom is 0.262 e. The number of sulfonamides is 1. The summed E-state index contributed by atoms with van der Waals surface area (Å²) in [5.74, 6) is 0.748. The zero-order chi connectivity index (χ0) is 25.9. The van der Waals surface area contributed by atoms with E-state index < -0.39 is 10.0 Å². The maximum atomic E-state index is 13.1. The summed E-state index contributed by atoms with van der Waals surface area (Å²) in [6, 6.07) is 15.6. The van der Waals surface area contributed by atoms with Crippen LogP contribution >= 0.6 is 0 Å². The van der Waals surface area contributed by atoms with Crippen molar-refractivity contribution in [2.75, 3.05) is 11.8 Å². The van der Waals surface area contributed by atoms with E-state index >= 15 is 0 Å². The van der Waals surface area contributed by atoms with E-state index in [4.69, 9.17) is 4.74 Å². The zero-order valence-corrected chi connectivity index (χ0v) is 22.2. The van der Waals surface area contributed by atoms with Gasteiger partial charge in [0.1, 0.15) is 5.75 Å². The molecule has 0 radical (unpaired) electrons. The van der Waals surface area contributed by atoms with Crippen LogP contribution in [0.4, 0.5) is 5.69 Å². The van der Waals surface area contributed by atoms with Crippen LogP contribution in [0.15, 0.2) is 59.5 Å². The van der Waals surface area contributed by atoms with Gasteiger partial charge in [-0.1, -0.05) is 32.0 Å². The Kier molecular flexibility index (Phi) is 7.90. The summed E-state index contributed by atoms with van der Waals surface area (Å²) in [4.78, 5) is 13.2. The molecular weight excluding hydrogens is 460 g/mol. The largest absolute Gasteiger partial charge is 0.496 e. The highest BCUT2D eigenvalue weighted by Crippen LogP contribution is 2.32. The summed E-state index contributed by atoms with van der Waals surface area (Å²) in [5, 5.41) is 3.02. The number of carbonyl (C=O) groups excluding carboxylic acids is 1. The molecule has 0 aromatic heterocycles. The van der Waals surface area contributed by atoms with Gasteiger partial charge in [-0.15, -0.1) is 0 Å². The molecule has 1 unspecified atom stereocenters. The molecule has 6 nitrogen and oxygen atoms in total. The Morgan fingerprint density at radius 2 is 1.60 bits per heavy atom. The highest BCUT2D eigenvalue weighted by molar-refractivity contribution is 7.92. The first-order valence-corrected chi connectivity index (χ1v) is 13.1. The van der Waals surface area contributed by atoms with Gasteiger partial charge in [0, 0.05) is 11.3 Å².